The van der Waals surface area contributed by atoms with Crippen molar-refractivity contribution in [2.24, 2.45) is 0 Å². The van der Waals surface area contributed by atoms with Crippen LogP contribution in [0.4, 0.5) is 5.69 Å². The van der Waals surface area contributed by atoms with Crippen molar-refractivity contribution in [2.75, 3.05) is 5.32 Å². The first kappa shape index (κ1) is 17.0. The number of carbonyl (C=O) groups excluding carboxylic acids is 1. The van der Waals surface area contributed by atoms with Crippen molar-refractivity contribution in [3.8, 4) is 0 Å². The molecule has 3 N–H and O–H groups in total. The van der Waals surface area contributed by atoms with Crippen molar-refractivity contribution in [1.29, 1.82) is 0 Å². The maximum Gasteiger partial charge on any atom is 0.221 e. The van der Waals surface area contributed by atoms with Crippen molar-refractivity contribution in [1.82, 2.24) is 10.6 Å². The smallest absolute Gasteiger partial charge is 0.221 e. The Morgan fingerprint density at radius 1 is 1.14 bits per heavy atom. The summed E-state index contributed by atoms with van der Waals surface area (Å²) in [4.78, 5) is 11.0. The molecule has 1 heterocycles. The Hall–Kier alpha value is -1.39. The average molecular weight is 303 g/mol. The minimum atomic E-state index is -0.0370. The molecular weight excluding hydrogens is 274 g/mol. The first-order valence-electron chi connectivity index (χ1n) is 8.04. The molecule has 0 aliphatic carbocycles. The lowest BCUT2D eigenvalue weighted by Crippen LogP contribution is -2.61. The van der Waals surface area contributed by atoms with Crippen LogP contribution in [-0.4, -0.2) is 23.0 Å². The van der Waals surface area contributed by atoms with E-state index in [4.69, 9.17) is 0 Å². The highest BCUT2D eigenvalue weighted by Gasteiger charge is 2.37. The molecule has 1 fully saturated rings. The molecule has 1 aliphatic rings. The molecule has 0 unspecified atom stereocenters. The van der Waals surface area contributed by atoms with Crippen LogP contribution in [0.15, 0.2) is 24.3 Å². The third kappa shape index (κ3) is 5.11. The van der Waals surface area contributed by atoms with Crippen LogP contribution in [0.25, 0.3) is 0 Å². The number of amides is 1. The summed E-state index contributed by atoms with van der Waals surface area (Å²) in [6.07, 6.45) is 2.25. The molecular formula is C18H29N3O. The van der Waals surface area contributed by atoms with E-state index in [-0.39, 0.29) is 17.0 Å². The molecule has 4 nitrogen and oxygen atoms in total. The number of nitrogens with one attached hydrogen (secondary N) is 3. The van der Waals surface area contributed by atoms with Gasteiger partial charge in [0.05, 0.1) is 0 Å². The Bertz CT molecular complexity index is 504. The van der Waals surface area contributed by atoms with E-state index in [1.165, 1.54) is 12.5 Å². The molecule has 4 heteroatoms. The lowest BCUT2D eigenvalue weighted by atomic mass is 9.79. The van der Waals surface area contributed by atoms with E-state index in [1.807, 2.05) is 12.1 Å². The minimum absolute atomic E-state index is 0.0370. The zero-order valence-corrected chi connectivity index (χ0v) is 14.4. The average Bonchev–Trinajstić information content (AvgIpc) is 2.33. The van der Waals surface area contributed by atoms with Gasteiger partial charge in [0.15, 0.2) is 0 Å². The Balaban J connectivity index is 1.91. The number of hydrogen-bond donors (Lipinski definition) is 3. The molecule has 0 spiro atoms. The third-order valence-corrected chi connectivity index (χ3v) is 4.06. The van der Waals surface area contributed by atoms with Gasteiger partial charge in [-0.1, -0.05) is 12.1 Å². The predicted molar refractivity (Wildman–Crippen MR) is 91.9 cm³/mol. The summed E-state index contributed by atoms with van der Waals surface area (Å²) in [7, 11) is 0. The second-order valence-corrected chi connectivity index (χ2v) is 7.76. The fourth-order valence-corrected chi connectivity index (χ4v) is 3.64. The molecule has 1 saturated heterocycles. The maximum atomic E-state index is 11.0. The van der Waals surface area contributed by atoms with Crippen LogP contribution >= 0.6 is 0 Å². The van der Waals surface area contributed by atoms with Crippen molar-refractivity contribution in [3.63, 3.8) is 0 Å². The topological polar surface area (TPSA) is 53.2 Å². The molecule has 0 radical (unpaired) electrons. The van der Waals surface area contributed by atoms with Gasteiger partial charge in [-0.25, -0.2) is 0 Å². The van der Waals surface area contributed by atoms with E-state index in [1.54, 1.807) is 0 Å². The van der Waals surface area contributed by atoms with E-state index < -0.39 is 0 Å². The Labute approximate surface area is 134 Å². The van der Waals surface area contributed by atoms with Crippen molar-refractivity contribution < 1.29 is 4.79 Å². The van der Waals surface area contributed by atoms with E-state index in [0.29, 0.717) is 6.04 Å². The SMILES string of the molecule is CC(=O)Nc1ccc(CNC2CC(C)(C)NC(C)(C)C2)cc1. The van der Waals surface area contributed by atoms with E-state index in [0.717, 1.165) is 25.1 Å². The highest BCUT2D eigenvalue weighted by atomic mass is 16.1. The minimum Gasteiger partial charge on any atom is -0.326 e. The van der Waals surface area contributed by atoms with Crippen molar-refractivity contribution >= 4 is 11.6 Å². The summed E-state index contributed by atoms with van der Waals surface area (Å²) in [5.41, 5.74) is 2.41. The highest BCUT2D eigenvalue weighted by molar-refractivity contribution is 5.88. The first-order valence-corrected chi connectivity index (χ1v) is 8.04. The predicted octanol–water partition coefficient (Wildman–Crippen LogP) is 3.04. The number of piperidine rings is 1. The molecule has 1 aliphatic heterocycles. The van der Waals surface area contributed by atoms with Crippen LogP contribution in [-0.2, 0) is 11.3 Å². The highest BCUT2D eigenvalue weighted by Crippen LogP contribution is 2.28. The standard InChI is InChI=1S/C18H29N3O/c1-13(22)20-15-8-6-14(7-9-15)12-19-16-10-17(2,3)21-18(4,5)11-16/h6-9,16,19,21H,10-12H2,1-5H3,(H,20,22). The van der Waals surface area contributed by atoms with Gasteiger partial charge in [0.1, 0.15) is 0 Å². The number of carbonyl (C=O) groups is 1. The molecule has 0 saturated carbocycles. The van der Waals surface area contributed by atoms with Crippen LogP contribution in [0.3, 0.4) is 0 Å². The molecule has 122 valence electrons. The van der Waals surface area contributed by atoms with E-state index in [9.17, 15) is 4.79 Å². The summed E-state index contributed by atoms with van der Waals surface area (Å²) in [5, 5.41) is 10.2. The summed E-state index contributed by atoms with van der Waals surface area (Å²) >= 11 is 0. The fraction of sp³-hybridized carbons (Fsp3) is 0.611. The maximum absolute atomic E-state index is 11.0. The number of hydrogen-bond acceptors (Lipinski definition) is 3. The van der Waals surface area contributed by atoms with Crippen LogP contribution in [0.2, 0.25) is 0 Å². The second-order valence-electron chi connectivity index (χ2n) is 7.76. The number of rotatable bonds is 4. The Kier molecular flexibility index (Phi) is 4.93. The zero-order chi connectivity index (χ0) is 16.4. The molecule has 1 aromatic carbocycles. The molecule has 0 atom stereocenters. The monoisotopic (exact) mass is 303 g/mol. The molecule has 1 amide bonds. The third-order valence-electron chi connectivity index (χ3n) is 4.06. The van der Waals surface area contributed by atoms with Crippen molar-refractivity contribution in [3.05, 3.63) is 29.8 Å². The lowest BCUT2D eigenvalue weighted by molar-refractivity contribution is -0.114. The van der Waals surface area contributed by atoms with Gasteiger partial charge >= 0.3 is 0 Å². The van der Waals surface area contributed by atoms with Crippen molar-refractivity contribution in [2.45, 2.75) is 71.1 Å². The van der Waals surface area contributed by atoms with Gasteiger partial charge in [-0.3, -0.25) is 4.79 Å². The molecule has 0 bridgehead atoms. The molecule has 2 rings (SSSR count). The van der Waals surface area contributed by atoms with Gasteiger partial charge in [-0.15, -0.1) is 0 Å². The molecule has 0 aromatic heterocycles. The summed E-state index contributed by atoms with van der Waals surface area (Å²) in [5.74, 6) is -0.0370. The normalized spacial score (nSPS) is 20.6. The van der Waals surface area contributed by atoms with Gasteiger partial charge in [0, 0.05) is 36.3 Å². The Morgan fingerprint density at radius 2 is 1.68 bits per heavy atom. The largest absolute Gasteiger partial charge is 0.326 e. The fourth-order valence-electron chi connectivity index (χ4n) is 3.64. The Morgan fingerprint density at radius 3 is 2.18 bits per heavy atom. The van der Waals surface area contributed by atoms with E-state index >= 15 is 0 Å². The van der Waals surface area contributed by atoms with Gasteiger partial charge < -0.3 is 16.0 Å². The summed E-state index contributed by atoms with van der Waals surface area (Å²) in [6.45, 7) is 11.5. The molecule has 1 aromatic rings. The lowest BCUT2D eigenvalue weighted by Gasteiger charge is -2.46. The summed E-state index contributed by atoms with van der Waals surface area (Å²) < 4.78 is 0. The number of anilines is 1. The van der Waals surface area contributed by atoms with Gasteiger partial charge in [-0.2, -0.15) is 0 Å². The van der Waals surface area contributed by atoms with Gasteiger partial charge in [0.25, 0.3) is 0 Å². The zero-order valence-electron chi connectivity index (χ0n) is 14.4. The van der Waals surface area contributed by atoms with Crippen LogP contribution in [0.5, 0.6) is 0 Å². The van der Waals surface area contributed by atoms with Crippen LogP contribution in [0.1, 0.15) is 53.0 Å². The first-order chi connectivity index (χ1) is 10.2. The van der Waals surface area contributed by atoms with Gasteiger partial charge in [0.2, 0.25) is 5.91 Å². The summed E-state index contributed by atoms with van der Waals surface area (Å²) in [6, 6.07) is 8.55. The second kappa shape index (κ2) is 6.39. The van der Waals surface area contributed by atoms with Gasteiger partial charge in [-0.05, 0) is 58.2 Å². The number of benzene rings is 1. The van der Waals surface area contributed by atoms with Crippen LogP contribution < -0.4 is 16.0 Å². The van der Waals surface area contributed by atoms with Crippen LogP contribution in [0, 0.1) is 0 Å². The van der Waals surface area contributed by atoms with E-state index in [2.05, 4.69) is 55.8 Å². The quantitative estimate of drug-likeness (QED) is 0.801. The molecule has 22 heavy (non-hydrogen) atoms.